The predicted octanol–water partition coefficient (Wildman–Crippen LogP) is 2.30. The van der Waals surface area contributed by atoms with E-state index in [4.69, 9.17) is 4.65 Å². The lowest BCUT2D eigenvalue weighted by Gasteiger charge is -2.22. The van der Waals surface area contributed by atoms with Gasteiger partial charge in [0.25, 0.3) is 0 Å². The number of carboxylic acids is 1. The van der Waals surface area contributed by atoms with Gasteiger partial charge in [-0.1, -0.05) is 6.07 Å². The lowest BCUT2D eigenvalue weighted by atomic mass is 9.77. The third-order valence-corrected chi connectivity index (χ3v) is 6.11. The second-order valence-corrected chi connectivity index (χ2v) is 7.71. The zero-order chi connectivity index (χ0) is 16.0. The van der Waals surface area contributed by atoms with Crippen LogP contribution in [0, 0.1) is 0 Å². The third kappa shape index (κ3) is 2.86. The quantitative estimate of drug-likeness (QED) is 0.637. The number of rotatable bonds is 5. The molecule has 1 saturated heterocycles. The molecule has 23 heavy (non-hydrogen) atoms. The summed E-state index contributed by atoms with van der Waals surface area (Å²) in [7, 11) is -0.865. The number of likely N-dealkylation sites (tertiary alicyclic amines) is 1. The highest BCUT2D eigenvalue weighted by Crippen LogP contribution is 2.60. The summed E-state index contributed by atoms with van der Waals surface area (Å²) < 4.78 is 5.55. The maximum absolute atomic E-state index is 11.8. The molecule has 2 fully saturated rings. The van der Waals surface area contributed by atoms with Gasteiger partial charge >= 0.3 is 13.1 Å². The Labute approximate surface area is 140 Å². The minimum absolute atomic E-state index is 0.137. The molecule has 0 aromatic heterocycles. The minimum Gasteiger partial charge on any atom is -0.535 e. The summed E-state index contributed by atoms with van der Waals surface area (Å²) in [5.74, 6) is 0.674. The molecule has 1 saturated carbocycles. The van der Waals surface area contributed by atoms with E-state index in [-0.39, 0.29) is 17.3 Å². The zero-order valence-electron chi connectivity index (χ0n) is 12.9. The van der Waals surface area contributed by atoms with Gasteiger partial charge < -0.3 is 19.7 Å². The van der Waals surface area contributed by atoms with E-state index in [1.807, 2.05) is 12.1 Å². The maximum atomic E-state index is 11.8. The van der Waals surface area contributed by atoms with Crippen molar-refractivity contribution in [3.05, 3.63) is 23.3 Å². The van der Waals surface area contributed by atoms with Gasteiger partial charge in [-0.15, -0.1) is 11.8 Å². The van der Waals surface area contributed by atoms with Gasteiger partial charge in [0, 0.05) is 23.0 Å². The SMILES string of the molecule is O=C(O)c1c(SCCN2CCCC2)ccc2c1OB(O)[C@@H]1C[C@H]21. The molecule has 0 amide bonds. The van der Waals surface area contributed by atoms with E-state index in [1.54, 1.807) is 11.8 Å². The summed E-state index contributed by atoms with van der Waals surface area (Å²) in [4.78, 5) is 14.9. The molecule has 2 aliphatic heterocycles. The van der Waals surface area contributed by atoms with E-state index in [2.05, 4.69) is 4.90 Å². The lowest BCUT2D eigenvalue weighted by Crippen LogP contribution is -2.27. The molecule has 0 spiro atoms. The van der Waals surface area contributed by atoms with Gasteiger partial charge in [0.15, 0.2) is 0 Å². The first-order chi connectivity index (χ1) is 11.1. The number of benzene rings is 1. The van der Waals surface area contributed by atoms with Crippen LogP contribution in [0.4, 0.5) is 0 Å². The Bertz CT molecular complexity index is 635. The average molecular weight is 333 g/mol. The zero-order valence-corrected chi connectivity index (χ0v) is 13.7. The molecule has 122 valence electrons. The van der Waals surface area contributed by atoms with Crippen LogP contribution in [-0.2, 0) is 0 Å². The van der Waals surface area contributed by atoms with E-state index in [0.717, 1.165) is 42.3 Å². The first-order valence-corrected chi connectivity index (χ1v) is 9.24. The van der Waals surface area contributed by atoms with Gasteiger partial charge in [0.05, 0.1) is 0 Å². The summed E-state index contributed by atoms with van der Waals surface area (Å²) in [6, 6.07) is 3.89. The Balaban J connectivity index is 1.54. The first-order valence-electron chi connectivity index (χ1n) is 8.25. The maximum Gasteiger partial charge on any atom is 0.526 e. The van der Waals surface area contributed by atoms with Crippen LogP contribution in [0.25, 0.3) is 0 Å². The molecule has 0 bridgehead atoms. The fourth-order valence-corrected chi connectivity index (χ4v) is 4.77. The number of carboxylic acid groups (broad SMARTS) is 1. The van der Waals surface area contributed by atoms with E-state index < -0.39 is 13.1 Å². The van der Waals surface area contributed by atoms with Crippen molar-refractivity contribution in [2.75, 3.05) is 25.4 Å². The van der Waals surface area contributed by atoms with Crippen LogP contribution in [0.3, 0.4) is 0 Å². The first kappa shape index (κ1) is 15.4. The molecule has 0 radical (unpaired) electrons. The van der Waals surface area contributed by atoms with Crippen molar-refractivity contribution in [2.24, 2.45) is 0 Å². The van der Waals surface area contributed by atoms with Gasteiger partial charge in [-0.2, -0.15) is 0 Å². The number of fused-ring (bicyclic) bond motifs is 3. The minimum atomic E-state index is -0.975. The molecule has 0 unspecified atom stereocenters. The molecule has 1 aromatic rings. The highest BCUT2D eigenvalue weighted by atomic mass is 32.2. The largest absolute Gasteiger partial charge is 0.535 e. The van der Waals surface area contributed by atoms with Crippen molar-refractivity contribution in [2.45, 2.75) is 35.9 Å². The number of aromatic carboxylic acids is 1. The molecule has 2 N–H and O–H groups in total. The fraction of sp³-hybridized carbons (Fsp3) is 0.562. The molecule has 5 nitrogen and oxygen atoms in total. The fourth-order valence-electron chi connectivity index (χ4n) is 3.71. The van der Waals surface area contributed by atoms with Crippen molar-refractivity contribution in [3.63, 3.8) is 0 Å². The topological polar surface area (TPSA) is 70.0 Å². The molecule has 1 aromatic carbocycles. The summed E-state index contributed by atoms with van der Waals surface area (Å²) in [5.41, 5.74) is 1.17. The van der Waals surface area contributed by atoms with Gasteiger partial charge in [0.1, 0.15) is 11.3 Å². The summed E-state index contributed by atoms with van der Waals surface area (Å²) >= 11 is 1.57. The van der Waals surface area contributed by atoms with Crippen LogP contribution < -0.4 is 4.65 Å². The van der Waals surface area contributed by atoms with Crippen molar-refractivity contribution in [1.29, 1.82) is 0 Å². The van der Waals surface area contributed by atoms with Crippen LogP contribution in [-0.4, -0.2) is 53.5 Å². The summed E-state index contributed by atoms with van der Waals surface area (Å²) in [5, 5.41) is 19.6. The van der Waals surface area contributed by atoms with Gasteiger partial charge in [-0.05, 0) is 49.9 Å². The van der Waals surface area contributed by atoms with Gasteiger partial charge in [0.2, 0.25) is 0 Å². The standard InChI is InChI=1S/C16H20BNO4S/c19-16(20)14-13(23-8-7-18-5-1-2-6-18)4-3-10-11-9-12(11)17(21)22-15(10)14/h3-4,11-12,21H,1-2,5-9H2,(H,19,20)/t11-,12-/m1/s1. The van der Waals surface area contributed by atoms with Gasteiger partial charge in [-0.3, -0.25) is 0 Å². The molecule has 3 aliphatic rings. The predicted molar refractivity (Wildman–Crippen MR) is 89.5 cm³/mol. The molecule has 2 heterocycles. The molecule has 4 rings (SSSR count). The van der Waals surface area contributed by atoms with E-state index in [0.29, 0.717) is 5.75 Å². The van der Waals surface area contributed by atoms with Crippen LogP contribution in [0.5, 0.6) is 5.75 Å². The lowest BCUT2D eigenvalue weighted by molar-refractivity contribution is 0.0690. The number of hydrogen-bond donors (Lipinski definition) is 2. The molecule has 1 aliphatic carbocycles. The normalized spacial score (nSPS) is 25.7. The number of thioether (sulfide) groups is 1. The van der Waals surface area contributed by atoms with E-state index >= 15 is 0 Å². The second kappa shape index (κ2) is 6.04. The molecule has 7 heteroatoms. The number of hydrogen-bond acceptors (Lipinski definition) is 5. The Morgan fingerprint density at radius 2 is 2.17 bits per heavy atom. The molecule has 2 atom stereocenters. The summed E-state index contributed by atoms with van der Waals surface area (Å²) in [6.45, 7) is 3.28. The van der Waals surface area contributed by atoms with Crippen molar-refractivity contribution in [3.8, 4) is 5.75 Å². The van der Waals surface area contributed by atoms with E-state index in [9.17, 15) is 14.9 Å². The van der Waals surface area contributed by atoms with Crippen LogP contribution in [0.2, 0.25) is 5.82 Å². The highest BCUT2D eigenvalue weighted by molar-refractivity contribution is 7.99. The van der Waals surface area contributed by atoms with Crippen molar-refractivity contribution in [1.82, 2.24) is 4.90 Å². The Hall–Kier alpha value is -1.18. The second-order valence-electron chi connectivity index (χ2n) is 6.57. The smallest absolute Gasteiger partial charge is 0.526 e. The Morgan fingerprint density at radius 1 is 1.39 bits per heavy atom. The highest BCUT2D eigenvalue weighted by Gasteiger charge is 2.54. The Kier molecular flexibility index (Phi) is 4.03. The van der Waals surface area contributed by atoms with Gasteiger partial charge in [-0.25, -0.2) is 4.79 Å². The molecular formula is C16H20BNO4S. The van der Waals surface area contributed by atoms with Crippen LogP contribution in [0.1, 0.15) is 41.1 Å². The van der Waals surface area contributed by atoms with Crippen LogP contribution in [0.15, 0.2) is 17.0 Å². The average Bonchev–Trinajstić information content (AvgIpc) is 3.17. The Morgan fingerprint density at radius 3 is 2.91 bits per heavy atom. The number of carbonyl (C=O) groups is 1. The summed E-state index contributed by atoms with van der Waals surface area (Å²) in [6.07, 6.45) is 3.41. The van der Waals surface area contributed by atoms with Crippen LogP contribution >= 0.6 is 11.8 Å². The van der Waals surface area contributed by atoms with Crippen molar-refractivity contribution >= 4 is 24.8 Å². The molecular weight excluding hydrogens is 313 g/mol. The van der Waals surface area contributed by atoms with Crippen molar-refractivity contribution < 1.29 is 19.6 Å². The third-order valence-electron chi connectivity index (χ3n) is 5.07. The van der Waals surface area contributed by atoms with E-state index in [1.165, 1.54) is 12.8 Å². The monoisotopic (exact) mass is 333 g/mol. The number of nitrogens with zero attached hydrogens (tertiary/aromatic N) is 1.